The molecule has 2 fully saturated rings. The van der Waals surface area contributed by atoms with Gasteiger partial charge in [-0.1, -0.05) is 0 Å². The zero-order valence-corrected chi connectivity index (χ0v) is 5.05. The molecule has 0 bridgehead atoms. The Bertz CT molecular complexity index is 68.6. The lowest BCUT2D eigenvalue weighted by atomic mass is 9.85. The molecule has 2 aliphatic rings. The summed E-state index contributed by atoms with van der Waals surface area (Å²) in [6, 6.07) is 0. The fourth-order valence-corrected chi connectivity index (χ4v) is 2.26. The van der Waals surface area contributed by atoms with E-state index in [1.54, 1.807) is 0 Å². The summed E-state index contributed by atoms with van der Waals surface area (Å²) in [5.74, 6) is 2.83. The number of rotatable bonds is 0. The first-order valence-corrected chi connectivity index (χ1v) is 3.85. The molecule has 0 unspecified atom stereocenters. The van der Waals surface area contributed by atoms with E-state index in [4.69, 9.17) is 0 Å². The highest BCUT2D eigenvalue weighted by Gasteiger charge is 2.42. The highest BCUT2D eigenvalue weighted by atomic mass is 32.2. The van der Waals surface area contributed by atoms with E-state index in [1.807, 2.05) is 0 Å². The second-order valence-corrected chi connectivity index (χ2v) is 3.58. The number of nitrogens with one attached hydrogen (secondary N) is 1. The predicted octanol–water partition coefficient (Wildman–Crippen LogP) is 0.323. The summed E-state index contributed by atoms with van der Waals surface area (Å²) < 4.78 is 0. The van der Waals surface area contributed by atoms with Gasteiger partial charge in [0.2, 0.25) is 0 Å². The Morgan fingerprint density at radius 1 is 1.29 bits per heavy atom. The van der Waals surface area contributed by atoms with Crippen molar-refractivity contribution in [2.45, 2.75) is 0 Å². The van der Waals surface area contributed by atoms with Gasteiger partial charge in [-0.05, 0) is 0 Å². The Hall–Kier alpha value is 0.310. The second kappa shape index (κ2) is 1.17. The minimum Gasteiger partial charge on any atom is -0.315 e. The molecule has 1 N–H and O–H groups in total. The summed E-state index contributed by atoms with van der Waals surface area (Å²) >= 11 is 2.08. The molecule has 7 heavy (non-hydrogen) atoms. The summed E-state index contributed by atoms with van der Waals surface area (Å²) in [7, 11) is 0. The first-order chi connectivity index (χ1) is 3.41. The first kappa shape index (κ1) is 4.21. The molecule has 0 aliphatic carbocycles. The molecule has 2 heteroatoms. The van der Waals surface area contributed by atoms with Crippen molar-refractivity contribution in [2.75, 3.05) is 24.6 Å². The maximum Gasteiger partial charge on any atom is 0.0133 e. The van der Waals surface area contributed by atoms with Crippen LogP contribution in [0.15, 0.2) is 0 Å². The molecular formula is C5H9NS. The van der Waals surface area contributed by atoms with Crippen LogP contribution in [0, 0.1) is 5.41 Å². The van der Waals surface area contributed by atoms with Gasteiger partial charge in [-0.15, -0.1) is 0 Å². The predicted molar refractivity (Wildman–Crippen MR) is 32.6 cm³/mol. The molecule has 0 aromatic carbocycles. The summed E-state index contributed by atoms with van der Waals surface area (Å²) in [6.45, 7) is 2.58. The van der Waals surface area contributed by atoms with E-state index in [0.717, 1.165) is 5.41 Å². The molecular weight excluding hydrogens is 106 g/mol. The molecule has 2 heterocycles. The zero-order chi connectivity index (χ0) is 4.74. The minimum absolute atomic E-state index is 0.796. The maximum atomic E-state index is 3.29. The highest BCUT2D eigenvalue weighted by Crippen LogP contribution is 2.40. The topological polar surface area (TPSA) is 12.0 Å². The third-order valence-electron chi connectivity index (χ3n) is 1.82. The Morgan fingerprint density at radius 3 is 2.00 bits per heavy atom. The van der Waals surface area contributed by atoms with Gasteiger partial charge in [-0.3, -0.25) is 0 Å². The van der Waals surface area contributed by atoms with E-state index in [1.165, 1.54) is 24.6 Å². The van der Waals surface area contributed by atoms with Gasteiger partial charge in [0.1, 0.15) is 0 Å². The molecule has 0 radical (unpaired) electrons. The Morgan fingerprint density at radius 2 is 2.00 bits per heavy atom. The van der Waals surface area contributed by atoms with Crippen LogP contribution >= 0.6 is 11.8 Å². The van der Waals surface area contributed by atoms with Gasteiger partial charge in [-0.25, -0.2) is 0 Å². The van der Waals surface area contributed by atoms with Gasteiger partial charge < -0.3 is 5.32 Å². The van der Waals surface area contributed by atoms with Crippen LogP contribution in [0.4, 0.5) is 0 Å². The average molecular weight is 115 g/mol. The van der Waals surface area contributed by atoms with Gasteiger partial charge in [0, 0.05) is 30.0 Å². The molecule has 0 aromatic rings. The van der Waals surface area contributed by atoms with Crippen molar-refractivity contribution in [1.82, 2.24) is 5.32 Å². The third kappa shape index (κ3) is 0.441. The lowest BCUT2D eigenvalue weighted by Gasteiger charge is -2.49. The molecule has 1 spiro atoms. The van der Waals surface area contributed by atoms with Crippen molar-refractivity contribution in [3.63, 3.8) is 0 Å². The van der Waals surface area contributed by atoms with E-state index in [-0.39, 0.29) is 0 Å². The van der Waals surface area contributed by atoms with Crippen molar-refractivity contribution >= 4 is 11.8 Å². The monoisotopic (exact) mass is 115 g/mol. The van der Waals surface area contributed by atoms with Gasteiger partial charge >= 0.3 is 0 Å². The van der Waals surface area contributed by atoms with Crippen LogP contribution in [0.5, 0.6) is 0 Å². The summed E-state index contributed by atoms with van der Waals surface area (Å²) in [4.78, 5) is 0. The van der Waals surface area contributed by atoms with Crippen LogP contribution in [0.1, 0.15) is 0 Å². The van der Waals surface area contributed by atoms with E-state index in [2.05, 4.69) is 17.1 Å². The van der Waals surface area contributed by atoms with E-state index in [9.17, 15) is 0 Å². The maximum absolute atomic E-state index is 3.29. The summed E-state index contributed by atoms with van der Waals surface area (Å²) in [6.07, 6.45) is 0. The van der Waals surface area contributed by atoms with Crippen LogP contribution in [0.25, 0.3) is 0 Å². The fourth-order valence-electron chi connectivity index (χ4n) is 1.07. The van der Waals surface area contributed by atoms with Crippen molar-refractivity contribution in [3.05, 3.63) is 0 Å². The van der Waals surface area contributed by atoms with E-state index >= 15 is 0 Å². The summed E-state index contributed by atoms with van der Waals surface area (Å²) in [5, 5.41) is 3.29. The van der Waals surface area contributed by atoms with Crippen molar-refractivity contribution in [2.24, 2.45) is 5.41 Å². The standard InChI is InChI=1S/C5H9NS/c1-5(2-6-1)3-7-4-5/h6H,1-4H2. The molecule has 0 aromatic heterocycles. The van der Waals surface area contributed by atoms with Crippen molar-refractivity contribution in [3.8, 4) is 0 Å². The molecule has 40 valence electrons. The fraction of sp³-hybridized carbons (Fsp3) is 1.00. The summed E-state index contributed by atoms with van der Waals surface area (Å²) in [5.41, 5.74) is 0.796. The molecule has 0 atom stereocenters. The molecule has 2 aliphatic heterocycles. The van der Waals surface area contributed by atoms with Gasteiger partial charge in [0.15, 0.2) is 0 Å². The number of thioether (sulfide) groups is 1. The first-order valence-electron chi connectivity index (χ1n) is 2.70. The smallest absolute Gasteiger partial charge is 0.0133 e. The molecule has 2 saturated heterocycles. The van der Waals surface area contributed by atoms with Crippen LogP contribution in [-0.2, 0) is 0 Å². The van der Waals surface area contributed by atoms with Gasteiger partial charge in [0.25, 0.3) is 0 Å². The quantitative estimate of drug-likeness (QED) is 0.488. The molecule has 2 rings (SSSR count). The van der Waals surface area contributed by atoms with Gasteiger partial charge in [0.05, 0.1) is 0 Å². The largest absolute Gasteiger partial charge is 0.315 e. The van der Waals surface area contributed by atoms with E-state index < -0.39 is 0 Å². The van der Waals surface area contributed by atoms with E-state index in [0.29, 0.717) is 0 Å². The normalized spacial score (nSPS) is 34.3. The van der Waals surface area contributed by atoms with Crippen LogP contribution < -0.4 is 5.32 Å². The Balaban J connectivity index is 2.00. The van der Waals surface area contributed by atoms with Crippen molar-refractivity contribution < 1.29 is 0 Å². The number of hydrogen-bond acceptors (Lipinski definition) is 2. The Labute approximate surface area is 47.9 Å². The average Bonchev–Trinajstić information content (AvgIpc) is 1.20. The minimum atomic E-state index is 0.796. The third-order valence-corrected chi connectivity index (χ3v) is 3.45. The van der Waals surface area contributed by atoms with Crippen LogP contribution in [-0.4, -0.2) is 24.6 Å². The zero-order valence-electron chi connectivity index (χ0n) is 4.24. The number of hydrogen-bond donors (Lipinski definition) is 1. The van der Waals surface area contributed by atoms with Crippen LogP contribution in [0.3, 0.4) is 0 Å². The lowest BCUT2D eigenvalue weighted by Crippen LogP contribution is -2.60. The van der Waals surface area contributed by atoms with Gasteiger partial charge in [-0.2, -0.15) is 11.8 Å². The highest BCUT2D eigenvalue weighted by molar-refractivity contribution is 8.00. The molecule has 1 nitrogen and oxygen atoms in total. The Kier molecular flexibility index (Phi) is 0.707. The van der Waals surface area contributed by atoms with Crippen LogP contribution in [0.2, 0.25) is 0 Å². The molecule has 0 amide bonds. The SMILES string of the molecule is C1NCC12CSC2. The second-order valence-electron chi connectivity index (χ2n) is 2.60. The lowest BCUT2D eigenvalue weighted by molar-refractivity contribution is 0.223. The van der Waals surface area contributed by atoms with Crippen molar-refractivity contribution in [1.29, 1.82) is 0 Å². The molecule has 0 saturated carbocycles.